The van der Waals surface area contributed by atoms with Gasteiger partial charge in [-0.3, -0.25) is 19.8 Å². The number of hydrogen-bond donors (Lipinski definition) is 1. The Kier molecular flexibility index (Phi) is 4.06. The van der Waals surface area contributed by atoms with E-state index in [9.17, 15) is 18.8 Å². The van der Waals surface area contributed by atoms with Crippen LogP contribution >= 0.6 is 0 Å². The Morgan fingerprint density at radius 1 is 1.14 bits per heavy atom. The second-order valence-electron chi connectivity index (χ2n) is 5.42. The molecular formula is C15H17FN2O3. The van der Waals surface area contributed by atoms with Crippen molar-refractivity contribution >= 4 is 17.8 Å². The van der Waals surface area contributed by atoms with Gasteiger partial charge < -0.3 is 0 Å². The summed E-state index contributed by atoms with van der Waals surface area (Å²) in [5.41, 5.74) is 0.234. The number of carbonyl (C=O) groups is 3. The van der Waals surface area contributed by atoms with Crippen LogP contribution in [-0.2, 0) is 9.59 Å². The van der Waals surface area contributed by atoms with E-state index in [2.05, 4.69) is 5.32 Å². The number of nitrogens with one attached hydrogen (secondary N) is 1. The number of amides is 4. The van der Waals surface area contributed by atoms with Gasteiger partial charge in [0, 0.05) is 5.56 Å². The largest absolute Gasteiger partial charge is 0.331 e. The maximum atomic E-state index is 13.8. The molecule has 2 rings (SSSR count). The molecule has 1 aliphatic rings. The standard InChI is InChI=1S/C15H17FN2O3/c1-8(2)12-13(19)17-15(21)18(14(12)20)9(3)10-6-4-5-7-11(10)16/h4-9,12H,1-3H3,(H,17,19,21). The number of urea groups is 1. The molecule has 5 nitrogen and oxygen atoms in total. The van der Waals surface area contributed by atoms with Crippen molar-refractivity contribution in [2.75, 3.05) is 0 Å². The third-order valence-corrected chi connectivity index (χ3v) is 3.64. The molecule has 0 aliphatic carbocycles. The van der Waals surface area contributed by atoms with Gasteiger partial charge in [-0.25, -0.2) is 9.18 Å². The molecule has 1 aromatic rings. The van der Waals surface area contributed by atoms with Crippen LogP contribution in [-0.4, -0.2) is 22.7 Å². The minimum absolute atomic E-state index is 0.234. The van der Waals surface area contributed by atoms with Crippen LogP contribution in [0.1, 0.15) is 32.4 Å². The number of barbiturate groups is 1. The topological polar surface area (TPSA) is 66.5 Å². The minimum Gasteiger partial charge on any atom is -0.277 e. The number of hydrogen-bond acceptors (Lipinski definition) is 3. The Morgan fingerprint density at radius 2 is 1.76 bits per heavy atom. The molecule has 4 amide bonds. The number of rotatable bonds is 3. The van der Waals surface area contributed by atoms with Gasteiger partial charge in [0.05, 0.1) is 6.04 Å². The first-order chi connectivity index (χ1) is 9.84. The summed E-state index contributed by atoms with van der Waals surface area (Å²) in [6.45, 7) is 5.01. The number of halogens is 1. The highest BCUT2D eigenvalue weighted by atomic mass is 19.1. The lowest BCUT2D eigenvalue weighted by molar-refractivity contribution is -0.145. The number of carbonyl (C=O) groups excluding carboxylic acids is 3. The first-order valence-electron chi connectivity index (χ1n) is 6.77. The molecule has 112 valence electrons. The highest BCUT2D eigenvalue weighted by Gasteiger charge is 2.44. The molecule has 1 N–H and O–H groups in total. The summed E-state index contributed by atoms with van der Waals surface area (Å²) in [6, 6.07) is 4.35. The van der Waals surface area contributed by atoms with Gasteiger partial charge in [0.25, 0.3) is 0 Å². The Bertz CT molecular complexity index is 600. The van der Waals surface area contributed by atoms with E-state index in [0.717, 1.165) is 4.90 Å². The van der Waals surface area contributed by atoms with E-state index >= 15 is 0 Å². The van der Waals surface area contributed by atoms with E-state index in [0.29, 0.717) is 0 Å². The van der Waals surface area contributed by atoms with Crippen LogP contribution in [0.5, 0.6) is 0 Å². The van der Waals surface area contributed by atoms with E-state index in [1.54, 1.807) is 26.8 Å². The van der Waals surface area contributed by atoms with Gasteiger partial charge in [0.1, 0.15) is 11.7 Å². The fraction of sp³-hybridized carbons (Fsp3) is 0.400. The molecular weight excluding hydrogens is 275 g/mol. The van der Waals surface area contributed by atoms with Crippen LogP contribution < -0.4 is 5.32 Å². The predicted octanol–water partition coefficient (Wildman–Crippen LogP) is 2.24. The van der Waals surface area contributed by atoms with Gasteiger partial charge in [-0.05, 0) is 18.9 Å². The average Bonchev–Trinajstić information content (AvgIpc) is 2.37. The van der Waals surface area contributed by atoms with Crippen LogP contribution in [0.3, 0.4) is 0 Å². The maximum absolute atomic E-state index is 13.8. The lowest BCUT2D eigenvalue weighted by atomic mass is 9.91. The van der Waals surface area contributed by atoms with Gasteiger partial charge in [0.2, 0.25) is 11.8 Å². The Labute approximate surface area is 122 Å². The van der Waals surface area contributed by atoms with E-state index in [1.807, 2.05) is 0 Å². The van der Waals surface area contributed by atoms with E-state index in [1.165, 1.54) is 18.2 Å². The molecule has 6 heteroatoms. The number of benzene rings is 1. The van der Waals surface area contributed by atoms with Crippen LogP contribution in [0.15, 0.2) is 24.3 Å². The van der Waals surface area contributed by atoms with Crippen molar-refractivity contribution in [3.05, 3.63) is 35.6 Å². The van der Waals surface area contributed by atoms with Crippen LogP contribution in [0.25, 0.3) is 0 Å². The predicted molar refractivity (Wildman–Crippen MR) is 73.5 cm³/mol. The molecule has 0 spiro atoms. The van der Waals surface area contributed by atoms with Crippen molar-refractivity contribution < 1.29 is 18.8 Å². The molecule has 1 heterocycles. The molecule has 1 aliphatic heterocycles. The smallest absolute Gasteiger partial charge is 0.277 e. The Morgan fingerprint density at radius 3 is 2.33 bits per heavy atom. The third-order valence-electron chi connectivity index (χ3n) is 3.64. The fourth-order valence-corrected chi connectivity index (χ4v) is 2.51. The molecule has 0 saturated carbocycles. The van der Waals surface area contributed by atoms with Crippen molar-refractivity contribution in [1.29, 1.82) is 0 Å². The van der Waals surface area contributed by atoms with Crippen molar-refractivity contribution in [2.45, 2.75) is 26.8 Å². The molecule has 2 atom stereocenters. The quantitative estimate of drug-likeness (QED) is 0.869. The van der Waals surface area contributed by atoms with Crippen LogP contribution in [0.4, 0.5) is 9.18 Å². The molecule has 0 aromatic heterocycles. The van der Waals surface area contributed by atoms with Gasteiger partial charge in [-0.1, -0.05) is 32.0 Å². The molecule has 0 radical (unpaired) electrons. The second-order valence-corrected chi connectivity index (χ2v) is 5.42. The molecule has 21 heavy (non-hydrogen) atoms. The van der Waals surface area contributed by atoms with Gasteiger partial charge in [0.15, 0.2) is 0 Å². The lowest BCUT2D eigenvalue weighted by Crippen LogP contribution is -2.59. The van der Waals surface area contributed by atoms with Gasteiger partial charge in [-0.15, -0.1) is 0 Å². The Balaban J connectivity index is 2.37. The van der Waals surface area contributed by atoms with Crippen molar-refractivity contribution in [3.8, 4) is 0 Å². The Hall–Kier alpha value is -2.24. The van der Waals surface area contributed by atoms with Gasteiger partial charge in [-0.2, -0.15) is 0 Å². The minimum atomic E-state index is -0.933. The summed E-state index contributed by atoms with van der Waals surface area (Å²) in [4.78, 5) is 37.1. The van der Waals surface area contributed by atoms with Crippen molar-refractivity contribution in [2.24, 2.45) is 11.8 Å². The van der Waals surface area contributed by atoms with E-state index in [-0.39, 0.29) is 11.5 Å². The molecule has 2 unspecified atom stereocenters. The van der Waals surface area contributed by atoms with E-state index < -0.39 is 35.6 Å². The lowest BCUT2D eigenvalue weighted by Gasteiger charge is -2.35. The summed E-state index contributed by atoms with van der Waals surface area (Å²) in [7, 11) is 0. The van der Waals surface area contributed by atoms with Crippen LogP contribution in [0, 0.1) is 17.7 Å². The second kappa shape index (κ2) is 5.63. The average molecular weight is 292 g/mol. The van der Waals surface area contributed by atoms with E-state index in [4.69, 9.17) is 0 Å². The fourth-order valence-electron chi connectivity index (χ4n) is 2.51. The first-order valence-corrected chi connectivity index (χ1v) is 6.77. The van der Waals surface area contributed by atoms with Crippen molar-refractivity contribution in [3.63, 3.8) is 0 Å². The molecule has 1 fully saturated rings. The SMILES string of the molecule is CC(C)C1C(=O)NC(=O)N(C(C)c2ccccc2F)C1=O. The van der Waals surface area contributed by atoms with Crippen LogP contribution in [0.2, 0.25) is 0 Å². The van der Waals surface area contributed by atoms with Gasteiger partial charge >= 0.3 is 6.03 Å². The summed E-state index contributed by atoms with van der Waals surface area (Å²) in [5.74, 6) is -2.87. The zero-order valence-electron chi connectivity index (χ0n) is 12.1. The highest BCUT2D eigenvalue weighted by Crippen LogP contribution is 2.28. The zero-order chi connectivity index (χ0) is 15.7. The monoisotopic (exact) mass is 292 g/mol. The third kappa shape index (κ3) is 2.66. The molecule has 1 saturated heterocycles. The summed E-state index contributed by atoms with van der Waals surface area (Å²) in [5, 5.41) is 2.17. The summed E-state index contributed by atoms with van der Waals surface area (Å²) in [6.07, 6.45) is 0. The molecule has 0 bridgehead atoms. The van der Waals surface area contributed by atoms with Crippen molar-refractivity contribution in [1.82, 2.24) is 10.2 Å². The highest BCUT2D eigenvalue weighted by molar-refractivity contribution is 6.16. The maximum Gasteiger partial charge on any atom is 0.331 e. The molecule has 1 aromatic carbocycles. The normalized spacial score (nSPS) is 20.7. The first kappa shape index (κ1) is 15.2. The summed E-state index contributed by atoms with van der Waals surface area (Å²) < 4.78 is 13.8. The number of imide groups is 2. The zero-order valence-corrected chi connectivity index (χ0v) is 12.1. The summed E-state index contributed by atoms with van der Waals surface area (Å²) >= 11 is 0. The number of nitrogens with zero attached hydrogens (tertiary/aromatic N) is 1.